The van der Waals surface area contributed by atoms with E-state index in [0.717, 1.165) is 28.3 Å². The van der Waals surface area contributed by atoms with E-state index in [1.54, 1.807) is 26.0 Å². The SMILES string of the molecule is CCCc1ccc([C@@H](C)N(CC(N)=O)S(=O)(=O)c2cc(NC(C)=O)ccc2C)cc1. The Morgan fingerprint density at radius 1 is 1.13 bits per heavy atom. The van der Waals surface area contributed by atoms with Crippen LogP contribution in [0.15, 0.2) is 47.4 Å². The van der Waals surface area contributed by atoms with E-state index < -0.39 is 28.5 Å². The van der Waals surface area contributed by atoms with Crippen LogP contribution < -0.4 is 11.1 Å². The van der Waals surface area contributed by atoms with Crippen LogP contribution in [0.5, 0.6) is 0 Å². The van der Waals surface area contributed by atoms with E-state index in [2.05, 4.69) is 12.2 Å². The molecule has 3 N–H and O–H groups in total. The molecule has 30 heavy (non-hydrogen) atoms. The molecule has 2 rings (SSSR count). The fraction of sp³-hybridized carbons (Fsp3) is 0.364. The van der Waals surface area contributed by atoms with E-state index in [4.69, 9.17) is 5.73 Å². The molecule has 0 aliphatic carbocycles. The van der Waals surface area contributed by atoms with Crippen molar-refractivity contribution < 1.29 is 18.0 Å². The normalized spacial score (nSPS) is 12.6. The van der Waals surface area contributed by atoms with Crippen molar-refractivity contribution in [3.63, 3.8) is 0 Å². The number of amides is 2. The third kappa shape index (κ3) is 5.67. The number of nitrogens with zero attached hydrogens (tertiary/aromatic N) is 1. The van der Waals surface area contributed by atoms with E-state index in [1.807, 2.05) is 24.3 Å². The number of aryl methyl sites for hydroxylation is 2. The van der Waals surface area contributed by atoms with Crippen LogP contribution >= 0.6 is 0 Å². The molecule has 1 atom stereocenters. The Hall–Kier alpha value is -2.71. The molecule has 0 saturated carbocycles. The van der Waals surface area contributed by atoms with E-state index >= 15 is 0 Å². The second kappa shape index (κ2) is 9.86. The van der Waals surface area contributed by atoms with Crippen LogP contribution in [0, 0.1) is 6.92 Å². The maximum absolute atomic E-state index is 13.5. The molecule has 0 aliphatic rings. The third-order valence-corrected chi connectivity index (χ3v) is 6.90. The highest BCUT2D eigenvalue weighted by Gasteiger charge is 2.32. The number of carbonyl (C=O) groups is 2. The summed E-state index contributed by atoms with van der Waals surface area (Å²) in [6.45, 7) is 6.37. The molecule has 0 saturated heterocycles. The molecule has 0 radical (unpaired) electrons. The Morgan fingerprint density at radius 2 is 1.77 bits per heavy atom. The zero-order valence-corrected chi connectivity index (χ0v) is 18.6. The minimum absolute atomic E-state index is 0.0180. The van der Waals surface area contributed by atoms with Gasteiger partial charge in [-0.05, 0) is 49.1 Å². The van der Waals surface area contributed by atoms with Crippen LogP contribution in [0.4, 0.5) is 5.69 Å². The molecule has 7 nitrogen and oxygen atoms in total. The van der Waals surface area contributed by atoms with Crippen LogP contribution in [0.1, 0.15) is 49.9 Å². The second-order valence-corrected chi connectivity index (χ2v) is 9.20. The van der Waals surface area contributed by atoms with E-state index in [-0.39, 0.29) is 10.8 Å². The Morgan fingerprint density at radius 3 is 2.30 bits per heavy atom. The van der Waals surface area contributed by atoms with Gasteiger partial charge >= 0.3 is 0 Å². The highest BCUT2D eigenvalue weighted by Crippen LogP contribution is 2.30. The lowest BCUT2D eigenvalue weighted by atomic mass is 10.0. The molecule has 0 spiro atoms. The van der Waals surface area contributed by atoms with Crippen molar-refractivity contribution in [2.75, 3.05) is 11.9 Å². The van der Waals surface area contributed by atoms with Crippen LogP contribution in [0.25, 0.3) is 0 Å². The first-order valence-electron chi connectivity index (χ1n) is 9.83. The van der Waals surface area contributed by atoms with Gasteiger partial charge < -0.3 is 11.1 Å². The van der Waals surface area contributed by atoms with E-state index in [9.17, 15) is 18.0 Å². The molecule has 0 unspecified atom stereocenters. The Kier molecular flexibility index (Phi) is 7.75. The molecule has 0 bridgehead atoms. The highest BCUT2D eigenvalue weighted by molar-refractivity contribution is 7.89. The van der Waals surface area contributed by atoms with Gasteiger partial charge in [0.05, 0.1) is 11.4 Å². The number of nitrogens with one attached hydrogen (secondary N) is 1. The topological polar surface area (TPSA) is 110 Å². The van der Waals surface area contributed by atoms with Crippen molar-refractivity contribution in [3.8, 4) is 0 Å². The minimum Gasteiger partial charge on any atom is -0.369 e. The number of carbonyl (C=O) groups excluding carboxylic acids is 2. The van der Waals surface area contributed by atoms with Crippen molar-refractivity contribution in [2.45, 2.75) is 51.5 Å². The zero-order valence-electron chi connectivity index (χ0n) is 17.8. The first kappa shape index (κ1) is 23.6. The van der Waals surface area contributed by atoms with Crippen LogP contribution in [-0.4, -0.2) is 31.1 Å². The Bertz CT molecular complexity index is 1020. The van der Waals surface area contributed by atoms with Gasteiger partial charge in [-0.15, -0.1) is 0 Å². The predicted octanol–water partition coefficient (Wildman–Crippen LogP) is 3.14. The fourth-order valence-electron chi connectivity index (χ4n) is 3.29. The molecule has 0 heterocycles. The summed E-state index contributed by atoms with van der Waals surface area (Å²) < 4.78 is 28.1. The van der Waals surface area contributed by atoms with Gasteiger partial charge in [0, 0.05) is 18.7 Å². The summed E-state index contributed by atoms with van der Waals surface area (Å²) in [6.07, 6.45) is 1.95. The lowest BCUT2D eigenvalue weighted by molar-refractivity contribution is -0.118. The van der Waals surface area contributed by atoms with Crippen molar-refractivity contribution >= 4 is 27.5 Å². The maximum atomic E-state index is 13.5. The number of hydrogen-bond acceptors (Lipinski definition) is 4. The largest absolute Gasteiger partial charge is 0.369 e. The second-order valence-electron chi connectivity index (χ2n) is 7.35. The van der Waals surface area contributed by atoms with Crippen LogP contribution in [-0.2, 0) is 26.0 Å². The van der Waals surface area contributed by atoms with Gasteiger partial charge in [-0.1, -0.05) is 43.7 Å². The highest BCUT2D eigenvalue weighted by atomic mass is 32.2. The van der Waals surface area contributed by atoms with Gasteiger partial charge in [0.2, 0.25) is 21.8 Å². The van der Waals surface area contributed by atoms with Crippen molar-refractivity contribution in [1.82, 2.24) is 4.31 Å². The molecular formula is C22H29N3O4S. The smallest absolute Gasteiger partial charge is 0.244 e. The summed E-state index contributed by atoms with van der Waals surface area (Å²) in [5.41, 5.74) is 8.17. The Balaban J connectivity index is 2.49. The maximum Gasteiger partial charge on any atom is 0.244 e. The summed E-state index contributed by atoms with van der Waals surface area (Å²) in [5, 5.41) is 2.59. The van der Waals surface area contributed by atoms with Gasteiger partial charge in [-0.2, -0.15) is 4.31 Å². The predicted molar refractivity (Wildman–Crippen MR) is 117 cm³/mol. The average Bonchev–Trinajstić information content (AvgIpc) is 2.67. The first-order chi connectivity index (χ1) is 14.1. The van der Waals surface area contributed by atoms with Crippen LogP contribution in [0.2, 0.25) is 0 Å². The number of rotatable bonds is 9. The number of nitrogens with two attached hydrogens (primary N) is 1. The summed E-state index contributed by atoms with van der Waals surface area (Å²) in [6, 6.07) is 11.7. The van der Waals surface area contributed by atoms with Gasteiger partial charge in [-0.3, -0.25) is 9.59 Å². The third-order valence-electron chi connectivity index (χ3n) is 4.84. The van der Waals surface area contributed by atoms with E-state index in [0.29, 0.717) is 11.3 Å². The quantitative estimate of drug-likeness (QED) is 0.635. The van der Waals surface area contributed by atoms with Gasteiger partial charge in [0.15, 0.2) is 0 Å². The molecule has 0 aromatic heterocycles. The number of primary amides is 1. The fourth-order valence-corrected chi connectivity index (χ4v) is 5.13. The number of benzene rings is 2. The lowest BCUT2D eigenvalue weighted by Crippen LogP contribution is -2.40. The van der Waals surface area contributed by atoms with Crippen molar-refractivity contribution in [1.29, 1.82) is 0 Å². The number of hydrogen-bond donors (Lipinski definition) is 2. The number of sulfonamides is 1. The molecular weight excluding hydrogens is 402 g/mol. The molecule has 0 aliphatic heterocycles. The summed E-state index contributed by atoms with van der Waals surface area (Å²) in [4.78, 5) is 23.1. The zero-order chi connectivity index (χ0) is 22.5. The van der Waals surface area contributed by atoms with Gasteiger partial charge in [0.1, 0.15) is 0 Å². The minimum atomic E-state index is -4.07. The monoisotopic (exact) mass is 431 g/mol. The number of anilines is 1. The molecule has 0 fully saturated rings. The molecule has 8 heteroatoms. The van der Waals surface area contributed by atoms with Crippen molar-refractivity contribution in [2.24, 2.45) is 5.73 Å². The summed E-state index contributed by atoms with van der Waals surface area (Å²) in [7, 11) is -4.07. The standard InChI is InChI=1S/C22H29N3O4S/c1-5-6-18-8-10-19(11-9-18)16(3)25(14-22(23)27)30(28,29)21-13-20(24-17(4)26)12-7-15(21)2/h7-13,16H,5-6,14H2,1-4H3,(H2,23,27)(H,24,26)/t16-/m1/s1. The summed E-state index contributed by atoms with van der Waals surface area (Å²) in [5.74, 6) is -1.06. The van der Waals surface area contributed by atoms with Crippen molar-refractivity contribution in [3.05, 3.63) is 59.2 Å². The summed E-state index contributed by atoms with van der Waals surface area (Å²) >= 11 is 0. The lowest BCUT2D eigenvalue weighted by Gasteiger charge is -2.28. The van der Waals surface area contributed by atoms with Crippen LogP contribution in [0.3, 0.4) is 0 Å². The van der Waals surface area contributed by atoms with Gasteiger partial charge in [0.25, 0.3) is 0 Å². The molecule has 2 amide bonds. The molecule has 2 aromatic carbocycles. The molecule has 2 aromatic rings. The average molecular weight is 432 g/mol. The van der Waals surface area contributed by atoms with E-state index in [1.165, 1.54) is 13.0 Å². The van der Waals surface area contributed by atoms with Gasteiger partial charge in [-0.25, -0.2) is 8.42 Å². The Labute approximate surface area is 178 Å². The molecule has 162 valence electrons. The first-order valence-corrected chi connectivity index (χ1v) is 11.3.